The van der Waals surface area contributed by atoms with Crippen LogP contribution < -0.4 is 0 Å². The average Bonchev–Trinajstić information content (AvgIpc) is 2.54. The highest BCUT2D eigenvalue weighted by molar-refractivity contribution is 6.36. The van der Waals surface area contributed by atoms with Gasteiger partial charge in [0.1, 0.15) is 13.2 Å². The third kappa shape index (κ3) is 11.8. The monoisotopic (exact) mass is 344 g/mol. The molecule has 0 N–H and O–H groups in total. The quantitative estimate of drug-likeness (QED) is 0.199. The normalized spacial score (nSPS) is 10.1. The Kier molecular flexibility index (Phi) is 12.8. The summed E-state index contributed by atoms with van der Waals surface area (Å²) in [6.07, 6.45) is 0. The lowest BCUT2D eigenvalue weighted by Crippen LogP contribution is -2.32. The SMILES string of the molecule is C=C(C)C(=O)OCCOB(OCCOC)OCCOC(=O)C(=C)C. The van der Waals surface area contributed by atoms with E-state index >= 15 is 0 Å². The van der Waals surface area contributed by atoms with Crippen molar-refractivity contribution in [3.63, 3.8) is 0 Å². The van der Waals surface area contributed by atoms with Gasteiger partial charge in [0.15, 0.2) is 0 Å². The second-order valence-corrected chi connectivity index (χ2v) is 4.73. The Hall–Kier alpha value is -1.68. The predicted molar refractivity (Wildman–Crippen MR) is 87.0 cm³/mol. The van der Waals surface area contributed by atoms with Crippen molar-refractivity contribution in [1.29, 1.82) is 0 Å². The Morgan fingerprint density at radius 1 is 0.750 bits per heavy atom. The summed E-state index contributed by atoms with van der Waals surface area (Å²) >= 11 is 0. The molecule has 0 aromatic carbocycles. The van der Waals surface area contributed by atoms with E-state index in [2.05, 4.69) is 13.2 Å². The lowest BCUT2D eigenvalue weighted by atomic mass is 10.2. The van der Waals surface area contributed by atoms with Gasteiger partial charge in [0.2, 0.25) is 0 Å². The third-order valence-corrected chi connectivity index (χ3v) is 2.38. The van der Waals surface area contributed by atoms with E-state index in [4.69, 9.17) is 28.2 Å². The molecule has 0 unspecified atom stereocenters. The maximum Gasteiger partial charge on any atom is 0.639 e. The van der Waals surface area contributed by atoms with E-state index in [9.17, 15) is 9.59 Å². The molecule has 0 radical (unpaired) electrons. The fourth-order valence-corrected chi connectivity index (χ4v) is 1.18. The first-order valence-corrected chi connectivity index (χ1v) is 7.37. The van der Waals surface area contributed by atoms with Gasteiger partial charge in [0.05, 0.1) is 26.4 Å². The Morgan fingerprint density at radius 2 is 1.12 bits per heavy atom. The van der Waals surface area contributed by atoms with Crippen molar-refractivity contribution in [3.05, 3.63) is 24.3 Å². The highest BCUT2D eigenvalue weighted by atomic mass is 16.7. The zero-order valence-electron chi connectivity index (χ0n) is 14.5. The Labute approximate surface area is 142 Å². The molecule has 0 fully saturated rings. The summed E-state index contributed by atoms with van der Waals surface area (Å²) in [6.45, 7) is 10.9. The van der Waals surface area contributed by atoms with Crippen LogP contribution in [0.2, 0.25) is 0 Å². The zero-order valence-corrected chi connectivity index (χ0v) is 14.5. The van der Waals surface area contributed by atoms with Crippen LogP contribution in [-0.4, -0.2) is 66.0 Å². The first-order chi connectivity index (χ1) is 11.4. The van der Waals surface area contributed by atoms with Crippen LogP contribution in [0.4, 0.5) is 0 Å². The van der Waals surface area contributed by atoms with E-state index < -0.39 is 19.3 Å². The summed E-state index contributed by atoms with van der Waals surface area (Å²) in [5.74, 6) is -0.994. The number of rotatable bonds is 14. The van der Waals surface area contributed by atoms with Gasteiger partial charge in [-0.05, 0) is 13.8 Å². The van der Waals surface area contributed by atoms with E-state index in [1.807, 2.05) is 0 Å². The predicted octanol–water partition coefficient (Wildman–Crippen LogP) is 0.906. The molecule has 0 heterocycles. The van der Waals surface area contributed by atoms with Crippen molar-refractivity contribution < 1.29 is 37.8 Å². The van der Waals surface area contributed by atoms with Crippen LogP contribution in [0, 0.1) is 0 Å². The summed E-state index contributed by atoms with van der Waals surface area (Å²) < 4.78 is 30.6. The summed E-state index contributed by atoms with van der Waals surface area (Å²) in [5.41, 5.74) is 0.608. The molecule has 0 saturated heterocycles. The van der Waals surface area contributed by atoms with Gasteiger partial charge in [0.25, 0.3) is 0 Å². The molecule has 136 valence electrons. The molecule has 0 spiro atoms. The van der Waals surface area contributed by atoms with E-state index in [0.29, 0.717) is 17.8 Å². The van der Waals surface area contributed by atoms with Crippen LogP contribution in [0.1, 0.15) is 13.8 Å². The number of methoxy groups -OCH3 is 1. The van der Waals surface area contributed by atoms with Crippen molar-refractivity contribution in [1.82, 2.24) is 0 Å². The summed E-state index contributed by atoms with van der Waals surface area (Å²) in [5, 5.41) is 0. The van der Waals surface area contributed by atoms with Crippen LogP contribution in [0.3, 0.4) is 0 Å². The average molecular weight is 344 g/mol. The summed E-state index contributed by atoms with van der Waals surface area (Å²) in [4.78, 5) is 22.4. The lowest BCUT2D eigenvalue weighted by molar-refractivity contribution is -0.140. The largest absolute Gasteiger partial charge is 0.639 e. The van der Waals surface area contributed by atoms with E-state index in [-0.39, 0.29) is 33.0 Å². The zero-order chi connectivity index (χ0) is 18.4. The van der Waals surface area contributed by atoms with Crippen LogP contribution in [0.25, 0.3) is 0 Å². The van der Waals surface area contributed by atoms with Crippen LogP contribution in [0.5, 0.6) is 0 Å². The van der Waals surface area contributed by atoms with Crippen LogP contribution >= 0.6 is 0 Å². The first-order valence-electron chi connectivity index (χ1n) is 7.37. The minimum absolute atomic E-state index is 0.0316. The second-order valence-electron chi connectivity index (χ2n) is 4.73. The molecule has 0 bridgehead atoms. The highest BCUT2D eigenvalue weighted by Gasteiger charge is 2.21. The van der Waals surface area contributed by atoms with Crippen LogP contribution in [-0.2, 0) is 37.8 Å². The molecule has 24 heavy (non-hydrogen) atoms. The molecular formula is C15H25BO8. The molecule has 0 saturated carbocycles. The maximum absolute atomic E-state index is 11.2. The highest BCUT2D eigenvalue weighted by Crippen LogP contribution is 1.97. The lowest BCUT2D eigenvalue weighted by Gasteiger charge is -2.14. The molecule has 0 amide bonds. The topological polar surface area (TPSA) is 89.5 Å². The van der Waals surface area contributed by atoms with Gasteiger partial charge in [-0.2, -0.15) is 0 Å². The standard InChI is InChI=1S/C15H25BO8/c1-12(2)14(17)20-7-10-23-16(22-9-6-19-5)24-11-8-21-15(18)13(3)4/h1,3,6-11H2,2,4-5H3. The number of carbonyl (C=O) groups excluding carboxylic acids is 2. The van der Waals surface area contributed by atoms with Gasteiger partial charge in [-0.3, -0.25) is 0 Å². The van der Waals surface area contributed by atoms with Gasteiger partial charge in [-0.25, -0.2) is 9.59 Å². The fraction of sp³-hybridized carbons (Fsp3) is 0.600. The van der Waals surface area contributed by atoms with Crippen molar-refractivity contribution in [3.8, 4) is 0 Å². The maximum atomic E-state index is 11.2. The van der Waals surface area contributed by atoms with E-state index in [1.54, 1.807) is 13.8 Å². The van der Waals surface area contributed by atoms with Gasteiger partial charge < -0.3 is 28.2 Å². The number of carbonyl (C=O) groups is 2. The smallest absolute Gasteiger partial charge is 0.460 e. The number of ether oxygens (including phenoxy) is 3. The number of hydrogen-bond donors (Lipinski definition) is 0. The van der Waals surface area contributed by atoms with Gasteiger partial charge in [-0.1, -0.05) is 13.2 Å². The number of hydrogen-bond acceptors (Lipinski definition) is 8. The van der Waals surface area contributed by atoms with Crippen molar-refractivity contribution in [2.75, 3.05) is 46.8 Å². The third-order valence-electron chi connectivity index (χ3n) is 2.38. The van der Waals surface area contributed by atoms with Crippen LogP contribution in [0.15, 0.2) is 24.3 Å². The van der Waals surface area contributed by atoms with Gasteiger partial charge in [-0.15, -0.1) is 0 Å². The van der Waals surface area contributed by atoms with Gasteiger partial charge in [0, 0.05) is 18.3 Å². The van der Waals surface area contributed by atoms with Crippen molar-refractivity contribution in [2.45, 2.75) is 13.8 Å². The molecule has 8 nitrogen and oxygen atoms in total. The Balaban J connectivity index is 4.04. The molecule has 0 aromatic heterocycles. The summed E-state index contributed by atoms with van der Waals surface area (Å²) in [7, 11) is 0.543. The second kappa shape index (κ2) is 13.7. The minimum atomic E-state index is -0.993. The van der Waals surface area contributed by atoms with E-state index in [0.717, 1.165) is 0 Å². The Morgan fingerprint density at radius 3 is 1.46 bits per heavy atom. The molecule has 0 rings (SSSR count). The minimum Gasteiger partial charge on any atom is -0.460 e. The van der Waals surface area contributed by atoms with Crippen molar-refractivity contribution in [2.24, 2.45) is 0 Å². The molecule has 0 atom stereocenters. The molecule has 0 aromatic rings. The Bertz CT molecular complexity index is 390. The first kappa shape index (κ1) is 22.3. The fourth-order valence-electron chi connectivity index (χ4n) is 1.18. The molecule has 0 aliphatic rings. The molecule has 0 aliphatic carbocycles. The molecular weight excluding hydrogens is 319 g/mol. The van der Waals surface area contributed by atoms with Gasteiger partial charge >= 0.3 is 19.3 Å². The molecule has 9 heteroatoms. The van der Waals surface area contributed by atoms with Crippen molar-refractivity contribution >= 4 is 19.3 Å². The van der Waals surface area contributed by atoms with E-state index in [1.165, 1.54) is 7.11 Å². The number of esters is 2. The molecule has 0 aliphatic heterocycles. The summed E-state index contributed by atoms with van der Waals surface area (Å²) in [6, 6.07) is 0.